The molecule has 0 aliphatic carbocycles. The van der Waals surface area contributed by atoms with Gasteiger partial charge in [0.15, 0.2) is 5.69 Å². The summed E-state index contributed by atoms with van der Waals surface area (Å²) in [4.78, 5) is 19.0. The molecule has 6 heteroatoms. The molecule has 0 atom stereocenters. The lowest BCUT2D eigenvalue weighted by molar-refractivity contribution is 0.0690. The number of hydrogen-bond donors (Lipinski definition) is 1. The van der Waals surface area contributed by atoms with Crippen LogP contribution in [0.5, 0.6) is 0 Å². The van der Waals surface area contributed by atoms with Gasteiger partial charge in [-0.2, -0.15) is 4.98 Å². The number of anilines is 2. The van der Waals surface area contributed by atoms with Crippen LogP contribution in [-0.2, 0) is 0 Å². The summed E-state index contributed by atoms with van der Waals surface area (Å²) in [5, 5.41) is 8.84. The molecule has 1 saturated heterocycles. The third kappa shape index (κ3) is 2.45. The minimum absolute atomic E-state index is 0.0505. The van der Waals surface area contributed by atoms with E-state index < -0.39 is 5.97 Å². The normalized spacial score (nSPS) is 15.4. The van der Waals surface area contributed by atoms with Crippen molar-refractivity contribution in [2.75, 3.05) is 36.0 Å². The molecule has 0 saturated carbocycles. The van der Waals surface area contributed by atoms with Crippen LogP contribution in [0.1, 0.15) is 10.5 Å². The number of piperazine rings is 1. The van der Waals surface area contributed by atoms with Crippen LogP contribution >= 0.6 is 0 Å². The van der Waals surface area contributed by atoms with Gasteiger partial charge in [0.25, 0.3) is 6.01 Å². The number of aromatic carboxylic acids is 1. The number of rotatable bonds is 3. The summed E-state index contributed by atoms with van der Waals surface area (Å²) in [7, 11) is 0. The summed E-state index contributed by atoms with van der Waals surface area (Å²) in [6.07, 6.45) is 1.18. The topological polar surface area (TPSA) is 69.8 Å². The van der Waals surface area contributed by atoms with E-state index >= 15 is 0 Å². The number of aromatic nitrogens is 1. The van der Waals surface area contributed by atoms with Crippen molar-refractivity contribution in [2.45, 2.75) is 0 Å². The summed E-state index contributed by atoms with van der Waals surface area (Å²) < 4.78 is 5.22. The van der Waals surface area contributed by atoms with Gasteiger partial charge in [-0.15, -0.1) is 0 Å². The first-order chi connectivity index (χ1) is 9.74. The molecule has 1 fully saturated rings. The van der Waals surface area contributed by atoms with Crippen LogP contribution in [-0.4, -0.2) is 42.2 Å². The van der Waals surface area contributed by atoms with Crippen LogP contribution in [0.15, 0.2) is 41.0 Å². The molecule has 104 valence electrons. The molecule has 1 aliphatic heterocycles. The number of carboxylic acids is 1. The maximum absolute atomic E-state index is 10.8. The fraction of sp³-hybridized carbons (Fsp3) is 0.286. The fourth-order valence-corrected chi connectivity index (χ4v) is 2.30. The Hall–Kier alpha value is -2.50. The zero-order valence-corrected chi connectivity index (χ0v) is 10.9. The molecule has 0 bridgehead atoms. The fourth-order valence-electron chi connectivity index (χ4n) is 2.30. The molecule has 2 aromatic rings. The van der Waals surface area contributed by atoms with Gasteiger partial charge in [0.05, 0.1) is 0 Å². The van der Waals surface area contributed by atoms with Gasteiger partial charge in [-0.25, -0.2) is 4.79 Å². The molecule has 3 rings (SSSR count). The number of nitrogens with zero attached hydrogens (tertiary/aromatic N) is 3. The van der Waals surface area contributed by atoms with Crippen molar-refractivity contribution >= 4 is 17.7 Å². The summed E-state index contributed by atoms with van der Waals surface area (Å²) >= 11 is 0. The number of para-hydroxylation sites is 1. The van der Waals surface area contributed by atoms with E-state index in [1.807, 2.05) is 23.1 Å². The monoisotopic (exact) mass is 273 g/mol. The van der Waals surface area contributed by atoms with E-state index in [4.69, 9.17) is 9.52 Å². The Bertz CT molecular complexity index is 589. The summed E-state index contributed by atoms with van der Waals surface area (Å²) in [6, 6.07) is 10.6. The van der Waals surface area contributed by atoms with Gasteiger partial charge in [0.2, 0.25) is 0 Å². The van der Waals surface area contributed by atoms with Crippen molar-refractivity contribution in [2.24, 2.45) is 0 Å². The van der Waals surface area contributed by atoms with Gasteiger partial charge in [-0.1, -0.05) is 18.2 Å². The van der Waals surface area contributed by atoms with E-state index in [1.54, 1.807) is 0 Å². The van der Waals surface area contributed by atoms with E-state index in [1.165, 1.54) is 12.0 Å². The number of carbonyl (C=O) groups is 1. The lowest BCUT2D eigenvalue weighted by Crippen LogP contribution is -2.46. The Kier molecular flexibility index (Phi) is 3.28. The molecule has 1 N–H and O–H groups in total. The smallest absolute Gasteiger partial charge is 0.357 e. The van der Waals surface area contributed by atoms with Crippen LogP contribution < -0.4 is 9.80 Å². The van der Waals surface area contributed by atoms with Gasteiger partial charge in [0.1, 0.15) is 6.26 Å². The third-order valence-corrected chi connectivity index (χ3v) is 3.38. The zero-order chi connectivity index (χ0) is 13.9. The molecular formula is C14H15N3O3. The van der Waals surface area contributed by atoms with Crippen molar-refractivity contribution in [1.29, 1.82) is 0 Å². The molecule has 1 aromatic carbocycles. The van der Waals surface area contributed by atoms with Gasteiger partial charge in [0, 0.05) is 31.9 Å². The van der Waals surface area contributed by atoms with Crippen molar-refractivity contribution < 1.29 is 14.3 Å². The lowest BCUT2D eigenvalue weighted by Gasteiger charge is -2.35. The summed E-state index contributed by atoms with van der Waals surface area (Å²) in [5.74, 6) is -1.07. The molecule has 0 unspecified atom stereocenters. The van der Waals surface area contributed by atoms with E-state index in [-0.39, 0.29) is 5.69 Å². The molecule has 2 heterocycles. The Labute approximate surface area is 116 Å². The standard InChI is InChI=1S/C14H15N3O3/c18-13(19)12-10-20-14(15-12)17-8-6-16(7-9-17)11-4-2-1-3-5-11/h1-5,10H,6-9H2,(H,18,19). The second-order valence-electron chi connectivity index (χ2n) is 4.63. The van der Waals surface area contributed by atoms with Gasteiger partial charge < -0.3 is 19.3 Å². The Morgan fingerprint density at radius 3 is 2.35 bits per heavy atom. The minimum atomic E-state index is -1.07. The summed E-state index contributed by atoms with van der Waals surface area (Å²) in [5.41, 5.74) is 1.15. The highest BCUT2D eigenvalue weighted by Gasteiger charge is 2.21. The highest BCUT2D eigenvalue weighted by molar-refractivity contribution is 5.85. The molecule has 0 radical (unpaired) electrons. The van der Waals surface area contributed by atoms with Crippen LogP contribution in [0.2, 0.25) is 0 Å². The first-order valence-electron chi connectivity index (χ1n) is 6.48. The highest BCUT2D eigenvalue weighted by Crippen LogP contribution is 2.19. The van der Waals surface area contributed by atoms with Crippen molar-refractivity contribution in [3.63, 3.8) is 0 Å². The quantitative estimate of drug-likeness (QED) is 0.918. The minimum Gasteiger partial charge on any atom is -0.476 e. The van der Waals surface area contributed by atoms with Crippen LogP contribution in [0.4, 0.5) is 11.7 Å². The van der Waals surface area contributed by atoms with E-state index in [0.29, 0.717) is 6.01 Å². The van der Waals surface area contributed by atoms with E-state index in [2.05, 4.69) is 22.0 Å². The van der Waals surface area contributed by atoms with E-state index in [0.717, 1.165) is 26.2 Å². The van der Waals surface area contributed by atoms with Crippen LogP contribution in [0.25, 0.3) is 0 Å². The number of benzene rings is 1. The second-order valence-corrected chi connectivity index (χ2v) is 4.63. The first kappa shape index (κ1) is 12.5. The van der Waals surface area contributed by atoms with Gasteiger partial charge >= 0.3 is 5.97 Å². The molecule has 6 nitrogen and oxygen atoms in total. The second kappa shape index (κ2) is 5.24. The average molecular weight is 273 g/mol. The highest BCUT2D eigenvalue weighted by atomic mass is 16.4. The molecule has 1 aromatic heterocycles. The Morgan fingerprint density at radius 2 is 1.75 bits per heavy atom. The number of oxazole rings is 1. The van der Waals surface area contributed by atoms with Crippen LogP contribution in [0, 0.1) is 0 Å². The first-order valence-corrected chi connectivity index (χ1v) is 6.48. The van der Waals surface area contributed by atoms with Crippen molar-refractivity contribution in [3.8, 4) is 0 Å². The molecule has 0 amide bonds. The third-order valence-electron chi connectivity index (χ3n) is 3.38. The predicted molar refractivity (Wildman–Crippen MR) is 74.3 cm³/mol. The van der Waals surface area contributed by atoms with Gasteiger partial charge in [-0.3, -0.25) is 0 Å². The number of carboxylic acid groups (broad SMARTS) is 1. The van der Waals surface area contributed by atoms with Crippen molar-refractivity contribution in [3.05, 3.63) is 42.3 Å². The Balaban J connectivity index is 1.65. The Morgan fingerprint density at radius 1 is 1.10 bits per heavy atom. The number of hydrogen-bond acceptors (Lipinski definition) is 5. The van der Waals surface area contributed by atoms with Crippen LogP contribution in [0.3, 0.4) is 0 Å². The average Bonchev–Trinajstić information content (AvgIpc) is 2.98. The SMILES string of the molecule is O=C(O)c1coc(N2CCN(c3ccccc3)CC2)n1. The maximum Gasteiger partial charge on any atom is 0.357 e. The zero-order valence-electron chi connectivity index (χ0n) is 10.9. The van der Waals surface area contributed by atoms with Gasteiger partial charge in [-0.05, 0) is 12.1 Å². The maximum atomic E-state index is 10.8. The van der Waals surface area contributed by atoms with Crippen molar-refractivity contribution in [1.82, 2.24) is 4.98 Å². The van der Waals surface area contributed by atoms with E-state index in [9.17, 15) is 4.79 Å². The molecule has 20 heavy (non-hydrogen) atoms. The lowest BCUT2D eigenvalue weighted by atomic mass is 10.2. The molecule has 0 spiro atoms. The molecular weight excluding hydrogens is 258 g/mol. The largest absolute Gasteiger partial charge is 0.476 e. The predicted octanol–water partition coefficient (Wildman–Crippen LogP) is 1.70. The molecule has 1 aliphatic rings. The summed E-state index contributed by atoms with van der Waals surface area (Å²) in [6.45, 7) is 3.23.